The molecule has 0 amide bonds. The van der Waals surface area contributed by atoms with Crippen molar-refractivity contribution in [2.24, 2.45) is 0 Å². The van der Waals surface area contributed by atoms with Gasteiger partial charge in [-0.1, -0.05) is 30.3 Å². The third-order valence-electron chi connectivity index (χ3n) is 2.46. The second kappa shape index (κ2) is 4.98. The first kappa shape index (κ1) is 13.2. The topological polar surface area (TPSA) is 32.3 Å². The Hall–Kier alpha value is -0.860. The van der Waals surface area contributed by atoms with Gasteiger partial charge in [-0.15, -0.1) is 0 Å². The number of rotatable bonds is 4. The molecule has 1 aromatic rings. The molecule has 0 spiro atoms. The third-order valence-corrected chi connectivity index (χ3v) is 2.46. The molecular formula is C14H23NO. The Kier molecular flexibility index (Phi) is 4.11. The zero-order valence-corrected chi connectivity index (χ0v) is 10.7. The summed E-state index contributed by atoms with van der Waals surface area (Å²) < 4.78 is 0. The van der Waals surface area contributed by atoms with Crippen LogP contribution >= 0.6 is 0 Å². The molecule has 0 aliphatic carbocycles. The van der Waals surface area contributed by atoms with Crippen LogP contribution < -0.4 is 5.32 Å². The quantitative estimate of drug-likeness (QED) is 0.818. The molecule has 0 radical (unpaired) electrons. The molecule has 0 saturated carbocycles. The van der Waals surface area contributed by atoms with Crippen LogP contribution in [0.25, 0.3) is 0 Å². The van der Waals surface area contributed by atoms with Gasteiger partial charge in [-0.2, -0.15) is 0 Å². The fraction of sp³-hybridized carbons (Fsp3) is 0.571. The lowest BCUT2D eigenvalue weighted by atomic mass is 9.90. The summed E-state index contributed by atoms with van der Waals surface area (Å²) in [4.78, 5) is 0. The van der Waals surface area contributed by atoms with Gasteiger partial charge in [0.25, 0.3) is 0 Å². The van der Waals surface area contributed by atoms with E-state index >= 15 is 0 Å². The minimum Gasteiger partial charge on any atom is -0.394 e. The van der Waals surface area contributed by atoms with Crippen LogP contribution in [-0.2, 0) is 6.42 Å². The number of nitrogens with one attached hydrogen (secondary N) is 1. The predicted molar refractivity (Wildman–Crippen MR) is 68.5 cm³/mol. The normalized spacial score (nSPS) is 15.8. The van der Waals surface area contributed by atoms with Gasteiger partial charge in [0.15, 0.2) is 0 Å². The number of aliphatic hydroxyl groups excluding tert-OH is 1. The second-order valence-electron chi connectivity index (χ2n) is 5.76. The van der Waals surface area contributed by atoms with Crippen LogP contribution in [-0.4, -0.2) is 22.8 Å². The van der Waals surface area contributed by atoms with Crippen LogP contribution in [0, 0.1) is 0 Å². The number of hydrogen-bond acceptors (Lipinski definition) is 2. The molecule has 0 fully saturated rings. The summed E-state index contributed by atoms with van der Waals surface area (Å²) in [5.41, 5.74) is 0.988. The van der Waals surface area contributed by atoms with Crippen LogP contribution in [0.15, 0.2) is 30.3 Å². The van der Waals surface area contributed by atoms with E-state index in [0.717, 1.165) is 6.42 Å². The molecular weight excluding hydrogens is 198 g/mol. The molecule has 0 heterocycles. The van der Waals surface area contributed by atoms with E-state index in [0.29, 0.717) is 0 Å². The first-order valence-electron chi connectivity index (χ1n) is 5.79. The standard InChI is InChI=1S/C14H23NO/c1-13(2,3)15-14(4,11-16)10-12-8-6-5-7-9-12/h5-9,15-16H,10-11H2,1-4H3. The van der Waals surface area contributed by atoms with Crippen molar-refractivity contribution in [2.75, 3.05) is 6.61 Å². The summed E-state index contributed by atoms with van der Waals surface area (Å²) in [6, 6.07) is 10.3. The molecule has 90 valence electrons. The fourth-order valence-corrected chi connectivity index (χ4v) is 2.09. The van der Waals surface area contributed by atoms with Crippen molar-refractivity contribution in [2.45, 2.75) is 45.2 Å². The summed E-state index contributed by atoms with van der Waals surface area (Å²) >= 11 is 0. The highest BCUT2D eigenvalue weighted by molar-refractivity contribution is 5.18. The average molecular weight is 221 g/mol. The zero-order chi connectivity index (χ0) is 12.2. The summed E-state index contributed by atoms with van der Waals surface area (Å²) in [5.74, 6) is 0. The van der Waals surface area contributed by atoms with E-state index in [9.17, 15) is 5.11 Å². The number of benzene rings is 1. The van der Waals surface area contributed by atoms with E-state index in [1.807, 2.05) is 18.2 Å². The summed E-state index contributed by atoms with van der Waals surface area (Å²) in [7, 11) is 0. The van der Waals surface area contributed by atoms with Gasteiger partial charge in [-0.05, 0) is 39.7 Å². The largest absolute Gasteiger partial charge is 0.394 e. The summed E-state index contributed by atoms with van der Waals surface area (Å²) in [5, 5.41) is 13.0. The maximum atomic E-state index is 9.55. The summed E-state index contributed by atoms with van der Waals surface area (Å²) in [6.07, 6.45) is 0.835. The van der Waals surface area contributed by atoms with Crippen molar-refractivity contribution in [1.82, 2.24) is 5.32 Å². The molecule has 1 unspecified atom stereocenters. The SMILES string of the molecule is CC(C)(C)NC(C)(CO)Cc1ccccc1. The lowest BCUT2D eigenvalue weighted by Crippen LogP contribution is -2.55. The minimum atomic E-state index is -0.264. The van der Waals surface area contributed by atoms with Gasteiger partial charge >= 0.3 is 0 Å². The minimum absolute atomic E-state index is 0.00621. The third kappa shape index (κ3) is 4.33. The van der Waals surface area contributed by atoms with E-state index in [-0.39, 0.29) is 17.7 Å². The van der Waals surface area contributed by atoms with Gasteiger partial charge in [0.1, 0.15) is 0 Å². The van der Waals surface area contributed by atoms with Crippen molar-refractivity contribution in [1.29, 1.82) is 0 Å². The highest BCUT2D eigenvalue weighted by Crippen LogP contribution is 2.16. The van der Waals surface area contributed by atoms with Gasteiger partial charge in [0.2, 0.25) is 0 Å². The monoisotopic (exact) mass is 221 g/mol. The maximum Gasteiger partial charge on any atom is 0.0614 e. The van der Waals surface area contributed by atoms with E-state index in [4.69, 9.17) is 0 Å². The molecule has 2 N–H and O–H groups in total. The Bertz CT molecular complexity index is 315. The second-order valence-corrected chi connectivity index (χ2v) is 5.76. The molecule has 16 heavy (non-hydrogen) atoms. The molecule has 0 bridgehead atoms. The molecule has 1 aromatic carbocycles. The Balaban J connectivity index is 2.74. The van der Waals surface area contributed by atoms with Gasteiger partial charge in [0.05, 0.1) is 6.61 Å². The van der Waals surface area contributed by atoms with Crippen molar-refractivity contribution in [3.8, 4) is 0 Å². The first-order valence-corrected chi connectivity index (χ1v) is 5.79. The highest BCUT2D eigenvalue weighted by atomic mass is 16.3. The summed E-state index contributed by atoms with van der Waals surface area (Å²) in [6.45, 7) is 8.55. The van der Waals surface area contributed by atoms with E-state index in [1.54, 1.807) is 0 Å². The molecule has 1 rings (SSSR count). The van der Waals surface area contributed by atoms with Gasteiger partial charge < -0.3 is 10.4 Å². The Labute approximate surface area is 98.7 Å². The molecule has 2 heteroatoms. The highest BCUT2D eigenvalue weighted by Gasteiger charge is 2.28. The smallest absolute Gasteiger partial charge is 0.0614 e. The Morgan fingerprint density at radius 2 is 1.62 bits per heavy atom. The van der Waals surface area contributed by atoms with E-state index < -0.39 is 0 Å². The first-order chi connectivity index (χ1) is 7.35. The molecule has 2 nitrogen and oxygen atoms in total. The van der Waals surface area contributed by atoms with E-state index in [1.165, 1.54) is 5.56 Å². The van der Waals surface area contributed by atoms with Crippen LogP contribution in [0.5, 0.6) is 0 Å². The van der Waals surface area contributed by atoms with Crippen molar-refractivity contribution in [3.05, 3.63) is 35.9 Å². The van der Waals surface area contributed by atoms with Gasteiger partial charge in [-0.25, -0.2) is 0 Å². The number of hydrogen-bond donors (Lipinski definition) is 2. The van der Waals surface area contributed by atoms with Crippen LogP contribution in [0.4, 0.5) is 0 Å². The molecule has 0 saturated heterocycles. The predicted octanol–water partition coefficient (Wildman–Crippen LogP) is 2.37. The van der Waals surface area contributed by atoms with Crippen molar-refractivity contribution < 1.29 is 5.11 Å². The fourth-order valence-electron chi connectivity index (χ4n) is 2.09. The van der Waals surface area contributed by atoms with Crippen LogP contribution in [0.2, 0.25) is 0 Å². The van der Waals surface area contributed by atoms with Gasteiger partial charge in [0, 0.05) is 11.1 Å². The Morgan fingerprint density at radius 3 is 2.06 bits per heavy atom. The lowest BCUT2D eigenvalue weighted by molar-refractivity contribution is 0.144. The van der Waals surface area contributed by atoms with Crippen molar-refractivity contribution >= 4 is 0 Å². The molecule has 0 aliphatic rings. The molecule has 1 atom stereocenters. The van der Waals surface area contributed by atoms with Crippen LogP contribution in [0.3, 0.4) is 0 Å². The van der Waals surface area contributed by atoms with Crippen molar-refractivity contribution in [3.63, 3.8) is 0 Å². The van der Waals surface area contributed by atoms with Gasteiger partial charge in [-0.3, -0.25) is 0 Å². The molecule has 0 aromatic heterocycles. The number of aliphatic hydroxyl groups is 1. The van der Waals surface area contributed by atoms with Crippen LogP contribution in [0.1, 0.15) is 33.3 Å². The maximum absolute atomic E-state index is 9.55. The van der Waals surface area contributed by atoms with E-state index in [2.05, 4.69) is 45.1 Å². The zero-order valence-electron chi connectivity index (χ0n) is 10.7. The molecule has 0 aliphatic heterocycles. The average Bonchev–Trinajstić information content (AvgIpc) is 2.16. The Morgan fingerprint density at radius 1 is 1.06 bits per heavy atom. The lowest BCUT2D eigenvalue weighted by Gasteiger charge is -2.36.